The lowest BCUT2D eigenvalue weighted by molar-refractivity contribution is -0.254. The Balaban J connectivity index is 2.34. The van der Waals surface area contributed by atoms with Crippen molar-refractivity contribution in [2.75, 3.05) is 6.61 Å². The minimum atomic E-state index is -0.545. The summed E-state index contributed by atoms with van der Waals surface area (Å²) in [4.78, 5) is 9.99. The molecule has 3 heteroatoms. The highest BCUT2D eigenvalue weighted by molar-refractivity contribution is 5.38. The topological polar surface area (TPSA) is 35.5 Å². The predicted octanol–water partition coefficient (Wildman–Crippen LogP) is 1.08. The summed E-state index contributed by atoms with van der Waals surface area (Å²) in [6.07, 6.45) is 2.78. The molecule has 0 saturated heterocycles. The first-order valence-electron chi connectivity index (χ1n) is 3.58. The fourth-order valence-corrected chi connectivity index (χ4v) is 1.11. The molecule has 0 unspecified atom stereocenters. The number of hydrogen-bond donors (Lipinski definition) is 0. The number of rotatable bonds is 4. The molecule has 0 amide bonds. The number of carbonyl (C=O) groups is 1. The van der Waals surface area contributed by atoms with Crippen LogP contribution in [0.15, 0.2) is 0 Å². The van der Waals surface area contributed by atoms with Gasteiger partial charge in [-0.15, -0.1) is 0 Å². The fourth-order valence-electron chi connectivity index (χ4n) is 1.11. The van der Waals surface area contributed by atoms with Crippen LogP contribution < -0.4 is 0 Å². The van der Waals surface area contributed by atoms with Crippen LogP contribution in [0, 0.1) is 0 Å². The van der Waals surface area contributed by atoms with Crippen LogP contribution in [-0.2, 0) is 14.3 Å². The summed E-state index contributed by atoms with van der Waals surface area (Å²) in [6.45, 7) is 2.97. The van der Waals surface area contributed by atoms with E-state index in [1.54, 1.807) is 0 Å². The molecule has 0 atom stereocenters. The Morgan fingerprint density at radius 2 is 2.30 bits per heavy atom. The van der Waals surface area contributed by atoms with Crippen molar-refractivity contribution >= 4 is 6.47 Å². The highest BCUT2D eigenvalue weighted by Crippen LogP contribution is 2.35. The molecule has 0 aliphatic heterocycles. The molecular formula is C7H12O3. The molecule has 1 rings (SSSR count). The van der Waals surface area contributed by atoms with Crippen molar-refractivity contribution in [2.24, 2.45) is 0 Å². The largest absolute Gasteiger partial charge is 0.435 e. The van der Waals surface area contributed by atoms with Crippen LogP contribution in [0.2, 0.25) is 0 Å². The van der Waals surface area contributed by atoms with Crippen LogP contribution in [0.3, 0.4) is 0 Å². The van der Waals surface area contributed by atoms with E-state index in [-0.39, 0.29) is 0 Å². The molecule has 0 spiro atoms. The van der Waals surface area contributed by atoms with E-state index in [0.717, 1.165) is 19.3 Å². The molecule has 10 heavy (non-hydrogen) atoms. The van der Waals surface area contributed by atoms with Crippen molar-refractivity contribution in [3.63, 3.8) is 0 Å². The molecular weight excluding hydrogens is 132 g/mol. The van der Waals surface area contributed by atoms with Crippen molar-refractivity contribution in [3.05, 3.63) is 0 Å². The molecule has 1 saturated carbocycles. The van der Waals surface area contributed by atoms with E-state index in [1.807, 2.05) is 6.92 Å². The average Bonchev–Trinajstić information content (AvgIpc) is 1.84. The van der Waals surface area contributed by atoms with Gasteiger partial charge in [-0.3, -0.25) is 4.79 Å². The van der Waals surface area contributed by atoms with Gasteiger partial charge in [-0.1, -0.05) is 0 Å². The summed E-state index contributed by atoms with van der Waals surface area (Å²) in [6, 6.07) is 0. The molecule has 0 aromatic heterocycles. The summed E-state index contributed by atoms with van der Waals surface area (Å²) in [5.41, 5.74) is 0. The zero-order valence-electron chi connectivity index (χ0n) is 6.13. The van der Waals surface area contributed by atoms with Crippen LogP contribution in [0.4, 0.5) is 0 Å². The minimum absolute atomic E-state index is 0.467. The van der Waals surface area contributed by atoms with Crippen LogP contribution in [-0.4, -0.2) is 18.9 Å². The molecule has 3 nitrogen and oxygen atoms in total. The first kappa shape index (κ1) is 7.54. The molecule has 58 valence electrons. The maximum absolute atomic E-state index is 9.99. The molecule has 1 aliphatic rings. The molecule has 0 radical (unpaired) electrons. The van der Waals surface area contributed by atoms with Gasteiger partial charge in [0.1, 0.15) is 0 Å². The van der Waals surface area contributed by atoms with E-state index in [1.165, 1.54) is 0 Å². The second-order valence-electron chi connectivity index (χ2n) is 2.41. The van der Waals surface area contributed by atoms with Gasteiger partial charge in [0.25, 0.3) is 6.47 Å². The van der Waals surface area contributed by atoms with Gasteiger partial charge in [0, 0.05) is 19.4 Å². The van der Waals surface area contributed by atoms with Crippen molar-refractivity contribution < 1.29 is 14.3 Å². The van der Waals surface area contributed by atoms with Crippen LogP contribution in [0.1, 0.15) is 26.2 Å². The molecule has 0 heterocycles. The van der Waals surface area contributed by atoms with Gasteiger partial charge in [0.15, 0.2) is 0 Å². The summed E-state index contributed by atoms with van der Waals surface area (Å²) < 4.78 is 10.1. The monoisotopic (exact) mass is 144 g/mol. The lowest BCUT2D eigenvalue weighted by Gasteiger charge is -2.38. The summed E-state index contributed by atoms with van der Waals surface area (Å²) in [5, 5.41) is 0. The maximum atomic E-state index is 9.99. The Labute approximate surface area is 60.3 Å². The second-order valence-corrected chi connectivity index (χ2v) is 2.41. The van der Waals surface area contributed by atoms with Gasteiger partial charge >= 0.3 is 0 Å². The van der Waals surface area contributed by atoms with Crippen molar-refractivity contribution in [3.8, 4) is 0 Å². The van der Waals surface area contributed by atoms with Gasteiger partial charge in [-0.2, -0.15) is 0 Å². The van der Waals surface area contributed by atoms with Crippen LogP contribution in [0.25, 0.3) is 0 Å². The quantitative estimate of drug-likeness (QED) is 0.437. The Bertz CT molecular complexity index is 118. The van der Waals surface area contributed by atoms with Crippen LogP contribution >= 0.6 is 0 Å². The zero-order valence-corrected chi connectivity index (χ0v) is 6.13. The molecule has 0 aromatic rings. The predicted molar refractivity (Wildman–Crippen MR) is 35.4 cm³/mol. The van der Waals surface area contributed by atoms with Gasteiger partial charge < -0.3 is 9.47 Å². The van der Waals surface area contributed by atoms with E-state index in [9.17, 15) is 4.79 Å². The Hall–Kier alpha value is -0.570. The smallest absolute Gasteiger partial charge is 0.295 e. The lowest BCUT2D eigenvalue weighted by atomic mass is 9.91. The van der Waals surface area contributed by atoms with E-state index >= 15 is 0 Å². The normalized spacial score (nSPS) is 21.3. The second kappa shape index (κ2) is 3.01. The summed E-state index contributed by atoms with van der Waals surface area (Å²) in [7, 11) is 0. The zero-order chi connectivity index (χ0) is 7.45. The third-order valence-corrected chi connectivity index (χ3v) is 1.79. The average molecular weight is 144 g/mol. The highest BCUT2D eigenvalue weighted by atomic mass is 16.7. The minimum Gasteiger partial charge on any atom is -0.435 e. The van der Waals surface area contributed by atoms with Crippen molar-refractivity contribution in [1.29, 1.82) is 0 Å². The van der Waals surface area contributed by atoms with Crippen LogP contribution in [0.5, 0.6) is 0 Å². The molecule has 0 aromatic carbocycles. The number of ether oxygens (including phenoxy) is 2. The third-order valence-electron chi connectivity index (χ3n) is 1.79. The Morgan fingerprint density at radius 1 is 1.60 bits per heavy atom. The van der Waals surface area contributed by atoms with E-state index in [4.69, 9.17) is 9.47 Å². The highest BCUT2D eigenvalue weighted by Gasteiger charge is 2.39. The standard InChI is InChI=1S/C7H12O3/c1-2-9-7(10-6-8)4-3-5-7/h6H,2-5H2,1H3. The fraction of sp³-hybridized carbons (Fsp3) is 0.857. The van der Waals surface area contributed by atoms with E-state index < -0.39 is 5.79 Å². The SMILES string of the molecule is CCOC1(OC=O)CCC1. The van der Waals surface area contributed by atoms with Gasteiger partial charge in [0.2, 0.25) is 5.79 Å². The Kier molecular flexibility index (Phi) is 2.27. The van der Waals surface area contributed by atoms with Gasteiger partial charge in [-0.25, -0.2) is 0 Å². The Morgan fingerprint density at radius 3 is 2.60 bits per heavy atom. The molecule has 1 aliphatic carbocycles. The van der Waals surface area contributed by atoms with Crippen molar-refractivity contribution in [2.45, 2.75) is 32.0 Å². The maximum Gasteiger partial charge on any atom is 0.295 e. The van der Waals surface area contributed by atoms with E-state index in [2.05, 4.69) is 0 Å². The van der Waals surface area contributed by atoms with E-state index in [0.29, 0.717) is 13.1 Å². The van der Waals surface area contributed by atoms with Crippen molar-refractivity contribution in [1.82, 2.24) is 0 Å². The van der Waals surface area contributed by atoms with Gasteiger partial charge in [0.05, 0.1) is 0 Å². The first-order chi connectivity index (χ1) is 4.83. The molecule has 0 bridgehead atoms. The summed E-state index contributed by atoms with van der Waals surface area (Å²) >= 11 is 0. The molecule has 1 fully saturated rings. The number of carbonyl (C=O) groups excluding carboxylic acids is 1. The molecule has 0 N–H and O–H groups in total. The first-order valence-corrected chi connectivity index (χ1v) is 3.58. The third kappa shape index (κ3) is 1.29. The van der Waals surface area contributed by atoms with Gasteiger partial charge in [-0.05, 0) is 13.3 Å². The summed E-state index contributed by atoms with van der Waals surface area (Å²) in [5.74, 6) is -0.545. The lowest BCUT2D eigenvalue weighted by Crippen LogP contribution is -2.42. The number of hydrogen-bond acceptors (Lipinski definition) is 3.